The molecular weight excluding hydrogens is 293 g/mol. The zero-order chi connectivity index (χ0) is 15.6. The number of ether oxygens (including phenoxy) is 1. The van der Waals surface area contributed by atoms with E-state index >= 15 is 0 Å². The standard InChI is InChI=1S/C15H22FNO3S/c1-10(17)11-6-7-15(14(16)8-11)20-12-4-3-5-13(9-12)21(2,18)19/h6-8,10,12-13H,3-5,9,17H2,1-2H3. The second-order valence-corrected chi connectivity index (χ2v) is 8.16. The molecule has 0 aliphatic heterocycles. The molecule has 6 heteroatoms. The first-order valence-electron chi connectivity index (χ1n) is 7.18. The Morgan fingerprint density at radius 3 is 2.67 bits per heavy atom. The fourth-order valence-electron chi connectivity index (χ4n) is 2.67. The Kier molecular flexibility index (Phi) is 4.88. The van der Waals surface area contributed by atoms with Crippen LogP contribution >= 0.6 is 0 Å². The molecule has 0 heterocycles. The maximum absolute atomic E-state index is 14.0. The molecule has 0 radical (unpaired) electrons. The minimum atomic E-state index is -3.07. The highest BCUT2D eigenvalue weighted by molar-refractivity contribution is 7.91. The molecule has 0 spiro atoms. The van der Waals surface area contributed by atoms with Gasteiger partial charge < -0.3 is 10.5 Å². The monoisotopic (exact) mass is 315 g/mol. The van der Waals surface area contributed by atoms with Crippen LogP contribution < -0.4 is 10.5 Å². The van der Waals surface area contributed by atoms with E-state index in [-0.39, 0.29) is 23.1 Å². The summed E-state index contributed by atoms with van der Waals surface area (Å²) in [6.07, 6.45) is 3.60. The first-order chi connectivity index (χ1) is 9.77. The Morgan fingerprint density at radius 2 is 2.10 bits per heavy atom. The van der Waals surface area contributed by atoms with Crippen molar-refractivity contribution in [1.29, 1.82) is 0 Å². The van der Waals surface area contributed by atoms with E-state index < -0.39 is 15.7 Å². The number of benzene rings is 1. The number of nitrogens with two attached hydrogens (primary N) is 1. The maximum atomic E-state index is 14.0. The van der Waals surface area contributed by atoms with Gasteiger partial charge in [-0.3, -0.25) is 0 Å². The lowest BCUT2D eigenvalue weighted by atomic mass is 9.97. The summed E-state index contributed by atoms with van der Waals surface area (Å²) in [4.78, 5) is 0. The van der Waals surface area contributed by atoms with Crippen molar-refractivity contribution in [2.45, 2.75) is 50.0 Å². The fourth-order valence-corrected chi connectivity index (χ4v) is 3.83. The molecule has 1 saturated carbocycles. The summed E-state index contributed by atoms with van der Waals surface area (Å²) in [5, 5.41) is -0.386. The second kappa shape index (κ2) is 6.32. The third-order valence-corrected chi connectivity index (χ3v) is 5.60. The van der Waals surface area contributed by atoms with Crippen LogP contribution in [0.4, 0.5) is 4.39 Å². The first-order valence-corrected chi connectivity index (χ1v) is 9.13. The molecule has 0 bridgehead atoms. The second-order valence-electron chi connectivity index (χ2n) is 5.84. The topological polar surface area (TPSA) is 69.4 Å². The number of hydrogen-bond donors (Lipinski definition) is 1. The molecule has 1 aliphatic carbocycles. The van der Waals surface area contributed by atoms with Crippen LogP contribution in [0.25, 0.3) is 0 Å². The molecule has 21 heavy (non-hydrogen) atoms. The van der Waals surface area contributed by atoms with Gasteiger partial charge in [0.25, 0.3) is 0 Å². The van der Waals surface area contributed by atoms with Gasteiger partial charge >= 0.3 is 0 Å². The summed E-state index contributed by atoms with van der Waals surface area (Å²) in [5.41, 5.74) is 6.41. The van der Waals surface area contributed by atoms with E-state index in [1.807, 2.05) is 0 Å². The number of sulfone groups is 1. The third-order valence-electron chi connectivity index (χ3n) is 3.96. The summed E-state index contributed by atoms with van der Waals surface area (Å²) in [5.74, 6) is -0.287. The van der Waals surface area contributed by atoms with Gasteiger partial charge in [-0.05, 0) is 43.9 Å². The average Bonchev–Trinajstić information content (AvgIpc) is 2.40. The van der Waals surface area contributed by atoms with E-state index in [9.17, 15) is 12.8 Å². The van der Waals surface area contributed by atoms with E-state index in [1.54, 1.807) is 19.1 Å². The van der Waals surface area contributed by atoms with Crippen molar-refractivity contribution < 1.29 is 17.5 Å². The van der Waals surface area contributed by atoms with Crippen LogP contribution in [0, 0.1) is 5.82 Å². The van der Waals surface area contributed by atoms with Crippen LogP contribution in [0.15, 0.2) is 18.2 Å². The molecule has 1 aromatic carbocycles. The van der Waals surface area contributed by atoms with Crippen LogP contribution in [0.2, 0.25) is 0 Å². The smallest absolute Gasteiger partial charge is 0.165 e. The van der Waals surface area contributed by atoms with Crippen molar-refractivity contribution in [3.63, 3.8) is 0 Å². The quantitative estimate of drug-likeness (QED) is 0.927. The molecule has 118 valence electrons. The predicted molar refractivity (Wildman–Crippen MR) is 80.5 cm³/mol. The molecular formula is C15H22FNO3S. The summed E-state index contributed by atoms with van der Waals surface area (Å²) >= 11 is 0. The molecule has 3 unspecified atom stereocenters. The molecule has 1 aromatic rings. The molecule has 3 atom stereocenters. The van der Waals surface area contributed by atoms with Crippen molar-refractivity contribution in [1.82, 2.24) is 0 Å². The van der Waals surface area contributed by atoms with E-state index in [4.69, 9.17) is 10.5 Å². The van der Waals surface area contributed by atoms with Gasteiger partial charge in [-0.1, -0.05) is 6.07 Å². The number of rotatable bonds is 4. The van der Waals surface area contributed by atoms with Gasteiger partial charge in [-0.15, -0.1) is 0 Å². The van der Waals surface area contributed by atoms with Crippen molar-refractivity contribution >= 4 is 9.84 Å². The lowest BCUT2D eigenvalue weighted by molar-refractivity contribution is 0.150. The Bertz CT molecular complexity index is 601. The van der Waals surface area contributed by atoms with Gasteiger partial charge in [0, 0.05) is 18.7 Å². The van der Waals surface area contributed by atoms with Crippen LogP contribution in [0.1, 0.15) is 44.2 Å². The maximum Gasteiger partial charge on any atom is 0.165 e. The Morgan fingerprint density at radius 1 is 1.38 bits per heavy atom. The minimum Gasteiger partial charge on any atom is -0.487 e. The highest BCUT2D eigenvalue weighted by Gasteiger charge is 2.30. The van der Waals surface area contributed by atoms with Crippen LogP contribution in [0.3, 0.4) is 0 Å². The molecule has 1 aliphatic rings. The summed E-state index contributed by atoms with van der Waals surface area (Å²) < 4.78 is 42.9. The van der Waals surface area contributed by atoms with Crippen molar-refractivity contribution in [3.8, 4) is 5.75 Å². The fraction of sp³-hybridized carbons (Fsp3) is 0.600. The van der Waals surface area contributed by atoms with Crippen molar-refractivity contribution in [3.05, 3.63) is 29.6 Å². The van der Waals surface area contributed by atoms with Gasteiger partial charge in [0.1, 0.15) is 15.9 Å². The van der Waals surface area contributed by atoms with Gasteiger partial charge in [-0.25, -0.2) is 12.8 Å². The van der Waals surface area contributed by atoms with Gasteiger partial charge in [0.05, 0.1) is 5.25 Å². The minimum absolute atomic E-state index is 0.165. The normalized spacial score (nSPS) is 24.6. The van der Waals surface area contributed by atoms with E-state index in [0.29, 0.717) is 18.4 Å². The van der Waals surface area contributed by atoms with Crippen LogP contribution in [0.5, 0.6) is 5.75 Å². The third kappa shape index (κ3) is 4.17. The molecule has 1 fully saturated rings. The Hall–Kier alpha value is -1.14. The largest absolute Gasteiger partial charge is 0.487 e. The van der Waals surface area contributed by atoms with E-state index in [1.165, 1.54) is 12.3 Å². The molecule has 2 rings (SSSR count). The molecule has 2 N–H and O–H groups in total. The van der Waals surface area contributed by atoms with Crippen molar-refractivity contribution in [2.24, 2.45) is 5.73 Å². The van der Waals surface area contributed by atoms with Gasteiger partial charge in [-0.2, -0.15) is 0 Å². The highest BCUT2D eigenvalue weighted by Crippen LogP contribution is 2.29. The van der Waals surface area contributed by atoms with Crippen molar-refractivity contribution in [2.75, 3.05) is 6.26 Å². The zero-order valence-corrected chi connectivity index (χ0v) is 13.2. The average molecular weight is 315 g/mol. The summed E-state index contributed by atoms with van der Waals surface area (Å²) in [6.45, 7) is 1.78. The van der Waals surface area contributed by atoms with E-state index in [0.717, 1.165) is 12.8 Å². The highest BCUT2D eigenvalue weighted by atomic mass is 32.2. The Labute approximate surface area is 125 Å². The summed E-state index contributed by atoms with van der Waals surface area (Å²) in [7, 11) is -3.07. The number of hydrogen-bond acceptors (Lipinski definition) is 4. The van der Waals surface area contributed by atoms with Gasteiger partial charge in [0.2, 0.25) is 0 Å². The molecule has 0 saturated heterocycles. The molecule has 4 nitrogen and oxygen atoms in total. The molecule has 0 amide bonds. The molecule has 0 aromatic heterocycles. The van der Waals surface area contributed by atoms with Crippen LogP contribution in [-0.2, 0) is 9.84 Å². The summed E-state index contributed by atoms with van der Waals surface area (Å²) in [6, 6.07) is 4.44. The first kappa shape index (κ1) is 16.2. The Balaban J connectivity index is 2.08. The SMILES string of the molecule is CC(N)c1ccc(OC2CCCC(S(C)(=O)=O)C2)c(F)c1. The van der Waals surface area contributed by atoms with Crippen LogP contribution in [-0.4, -0.2) is 26.0 Å². The van der Waals surface area contributed by atoms with E-state index in [2.05, 4.69) is 0 Å². The lowest BCUT2D eigenvalue weighted by Gasteiger charge is -2.28. The zero-order valence-electron chi connectivity index (χ0n) is 12.4. The number of halogens is 1. The predicted octanol–water partition coefficient (Wildman–Crippen LogP) is 2.58. The van der Waals surface area contributed by atoms with Gasteiger partial charge in [0.15, 0.2) is 11.6 Å². The lowest BCUT2D eigenvalue weighted by Crippen LogP contribution is -2.33.